The van der Waals surface area contributed by atoms with Gasteiger partial charge in [0.25, 0.3) is 6.33 Å². The van der Waals surface area contributed by atoms with Crippen molar-refractivity contribution in [2.75, 3.05) is 0 Å². The smallest absolute Gasteiger partial charge is 0.269 e. The highest BCUT2D eigenvalue weighted by Gasteiger charge is 2.33. The fourth-order valence-electron chi connectivity index (χ4n) is 6.51. The number of benzene rings is 4. The third-order valence-corrected chi connectivity index (χ3v) is 8.42. The van der Waals surface area contributed by atoms with Crippen LogP contribution >= 0.6 is 0 Å². The molecule has 0 fully saturated rings. The van der Waals surface area contributed by atoms with Crippen molar-refractivity contribution in [1.29, 1.82) is 0 Å². The lowest BCUT2D eigenvalue weighted by atomic mass is 9.92. The molecule has 2 nitrogen and oxygen atoms in total. The van der Waals surface area contributed by atoms with Gasteiger partial charge in [-0.15, -0.1) is 0 Å². The fourth-order valence-corrected chi connectivity index (χ4v) is 6.51. The number of nitrogens with zero attached hydrogens (tertiary/aromatic N) is 2. The molecular weight excluding hydrogens is 472 g/mol. The fraction of sp³-hybridized carbons (Fsp3) is 0.324. The maximum Gasteiger partial charge on any atom is 0.269 e. The third kappa shape index (κ3) is 3.87. The van der Waals surface area contributed by atoms with Crippen molar-refractivity contribution in [2.45, 2.75) is 79.1 Å². The van der Waals surface area contributed by atoms with Gasteiger partial charge in [-0.3, -0.25) is 9.13 Å². The van der Waals surface area contributed by atoms with E-state index in [1.807, 2.05) is 0 Å². The molecule has 0 unspecified atom stereocenters. The van der Waals surface area contributed by atoms with E-state index in [4.69, 9.17) is 0 Å². The van der Waals surface area contributed by atoms with Crippen LogP contribution in [0.25, 0.3) is 44.7 Å². The summed E-state index contributed by atoms with van der Waals surface area (Å²) in [7, 11) is 0. The molecule has 0 bridgehead atoms. The molecular formula is C37H40N2. The highest BCUT2D eigenvalue weighted by atomic mass is 15.2. The first-order valence-electron chi connectivity index (χ1n) is 14.6. The Morgan fingerprint density at radius 1 is 0.564 bits per heavy atom. The largest absolute Gasteiger partial charge is 0.291 e. The minimum absolute atomic E-state index is 0.396. The molecule has 0 atom stereocenters. The molecule has 2 heteroatoms. The zero-order chi connectivity index (χ0) is 27.6. The van der Waals surface area contributed by atoms with Crippen LogP contribution in [0.5, 0.6) is 0 Å². The number of hydrogen-bond acceptors (Lipinski definition) is 0. The van der Waals surface area contributed by atoms with Crippen LogP contribution < -0.4 is 4.57 Å². The molecule has 4 aromatic carbocycles. The summed E-state index contributed by atoms with van der Waals surface area (Å²) in [4.78, 5) is 0. The zero-order valence-corrected chi connectivity index (χ0v) is 24.6. The van der Waals surface area contributed by atoms with E-state index >= 15 is 0 Å². The third-order valence-electron chi connectivity index (χ3n) is 8.42. The molecule has 198 valence electrons. The van der Waals surface area contributed by atoms with E-state index in [1.165, 1.54) is 66.9 Å². The van der Waals surface area contributed by atoms with E-state index in [9.17, 15) is 0 Å². The summed E-state index contributed by atoms with van der Waals surface area (Å²) in [5.41, 5.74) is 13.2. The van der Waals surface area contributed by atoms with E-state index < -0.39 is 0 Å². The molecule has 0 radical (unpaired) electrons. The molecule has 1 aliphatic carbocycles. The molecule has 0 saturated heterocycles. The van der Waals surface area contributed by atoms with Gasteiger partial charge < -0.3 is 0 Å². The highest BCUT2D eigenvalue weighted by Crippen LogP contribution is 2.48. The van der Waals surface area contributed by atoms with Crippen molar-refractivity contribution in [3.8, 4) is 33.9 Å². The minimum atomic E-state index is 0.396. The molecule has 1 aliphatic rings. The number of hydrogen-bond donors (Lipinski definition) is 0. The van der Waals surface area contributed by atoms with E-state index in [1.54, 1.807) is 0 Å². The second kappa shape index (κ2) is 9.52. The van der Waals surface area contributed by atoms with Gasteiger partial charge in [-0.1, -0.05) is 128 Å². The van der Waals surface area contributed by atoms with Crippen LogP contribution in [0.1, 0.15) is 101 Å². The number of fused-ring (bicyclic) bond motifs is 3. The van der Waals surface area contributed by atoms with Crippen LogP contribution in [-0.4, -0.2) is 4.57 Å². The first kappa shape index (κ1) is 25.6. The zero-order valence-electron chi connectivity index (χ0n) is 24.6. The summed E-state index contributed by atoms with van der Waals surface area (Å²) in [6, 6.07) is 27.2. The Bertz CT molecular complexity index is 1540. The molecule has 39 heavy (non-hydrogen) atoms. The first-order valence-corrected chi connectivity index (χ1v) is 14.6. The van der Waals surface area contributed by atoms with E-state index in [2.05, 4.69) is 144 Å². The maximum atomic E-state index is 3.98. The Hall–Kier alpha value is -3.65. The molecule has 1 heterocycles. The van der Waals surface area contributed by atoms with Crippen LogP contribution in [0.4, 0.5) is 0 Å². The standard InChI is InChI=1S/C37H40N2/c1-22(2)27-15-11-16-28(23(3)4)34(27)38-21-39(35-29(24(5)6)17-12-18-30(35)25(7)8)37-32-20-10-14-26-13-9-19-31(33(26)32)36(37)38/h9-20,22-25H,1-8H3. The van der Waals surface area contributed by atoms with Crippen LogP contribution in [0, 0.1) is 6.33 Å². The molecule has 0 amide bonds. The van der Waals surface area contributed by atoms with Crippen molar-refractivity contribution in [3.63, 3.8) is 0 Å². The van der Waals surface area contributed by atoms with Gasteiger partial charge in [-0.2, -0.15) is 0 Å². The normalized spacial score (nSPS) is 12.5. The van der Waals surface area contributed by atoms with Crippen LogP contribution in [-0.2, 0) is 0 Å². The Morgan fingerprint density at radius 2 is 1.03 bits per heavy atom. The summed E-state index contributed by atoms with van der Waals surface area (Å²) >= 11 is 0. The lowest BCUT2D eigenvalue weighted by molar-refractivity contribution is -0.588. The molecule has 5 aromatic rings. The van der Waals surface area contributed by atoms with Crippen LogP contribution in [0.15, 0.2) is 72.8 Å². The molecule has 6 rings (SSSR count). The van der Waals surface area contributed by atoms with Crippen molar-refractivity contribution in [3.05, 3.63) is 101 Å². The van der Waals surface area contributed by atoms with Gasteiger partial charge in [-0.25, -0.2) is 0 Å². The second-order valence-electron chi connectivity index (χ2n) is 12.4. The average Bonchev–Trinajstić information content (AvgIpc) is 3.45. The summed E-state index contributed by atoms with van der Waals surface area (Å²) in [6.45, 7) is 18.5. The molecule has 0 aliphatic heterocycles. The summed E-state index contributed by atoms with van der Waals surface area (Å²) < 4.78 is 4.83. The van der Waals surface area contributed by atoms with Gasteiger partial charge in [0.05, 0.1) is 22.8 Å². The Morgan fingerprint density at radius 3 is 1.54 bits per heavy atom. The quantitative estimate of drug-likeness (QED) is 0.155. The monoisotopic (exact) mass is 512 g/mol. The molecule has 0 spiro atoms. The van der Waals surface area contributed by atoms with Gasteiger partial charge in [0, 0.05) is 0 Å². The lowest BCUT2D eigenvalue weighted by Gasteiger charge is -2.22. The van der Waals surface area contributed by atoms with E-state index in [0.717, 1.165) is 0 Å². The van der Waals surface area contributed by atoms with Crippen LogP contribution in [0.2, 0.25) is 0 Å². The van der Waals surface area contributed by atoms with Gasteiger partial charge >= 0.3 is 0 Å². The molecule has 0 saturated carbocycles. The Kier molecular flexibility index (Phi) is 6.25. The van der Waals surface area contributed by atoms with Gasteiger partial charge in [0.1, 0.15) is 0 Å². The lowest BCUT2D eigenvalue weighted by Crippen LogP contribution is -2.35. The molecule has 0 N–H and O–H groups in total. The maximum absolute atomic E-state index is 3.98. The van der Waals surface area contributed by atoms with Gasteiger partial charge in [0.2, 0.25) is 0 Å². The minimum Gasteiger partial charge on any atom is -0.291 e. The predicted octanol–water partition coefficient (Wildman–Crippen LogP) is 9.85. The number of aromatic nitrogens is 2. The Balaban J connectivity index is 1.82. The van der Waals surface area contributed by atoms with Crippen LogP contribution in [0.3, 0.4) is 0 Å². The SMILES string of the molecule is CC(C)c1cccc(C(C)C)c1-n1[c-][n+](-c2c(C(C)C)cccc2C(C)C)c2c1-c1cccc3cccc-2c13. The first-order chi connectivity index (χ1) is 18.7. The predicted molar refractivity (Wildman–Crippen MR) is 164 cm³/mol. The van der Waals surface area contributed by atoms with Gasteiger partial charge in [-0.05, 0) is 67.8 Å². The van der Waals surface area contributed by atoms with E-state index in [-0.39, 0.29) is 0 Å². The van der Waals surface area contributed by atoms with Crippen molar-refractivity contribution >= 4 is 10.8 Å². The summed E-state index contributed by atoms with van der Waals surface area (Å²) in [6.07, 6.45) is 3.98. The average molecular weight is 513 g/mol. The summed E-state index contributed by atoms with van der Waals surface area (Å²) in [5, 5.41) is 2.64. The number of imidazole rings is 1. The van der Waals surface area contributed by atoms with Crippen molar-refractivity contribution in [2.24, 2.45) is 0 Å². The Labute approximate surface area is 234 Å². The number of rotatable bonds is 6. The van der Waals surface area contributed by atoms with Crippen molar-refractivity contribution < 1.29 is 4.57 Å². The van der Waals surface area contributed by atoms with Gasteiger partial charge in [0.15, 0.2) is 0 Å². The second-order valence-corrected chi connectivity index (χ2v) is 12.4. The van der Waals surface area contributed by atoms with E-state index in [0.29, 0.717) is 23.7 Å². The number of para-hydroxylation sites is 2. The molecule has 1 aromatic heterocycles. The van der Waals surface area contributed by atoms with Crippen molar-refractivity contribution in [1.82, 2.24) is 4.57 Å². The highest BCUT2D eigenvalue weighted by molar-refractivity contribution is 6.13. The topological polar surface area (TPSA) is 8.81 Å². The summed E-state index contributed by atoms with van der Waals surface area (Å²) in [5.74, 6) is 1.58.